The molecular weight excluding hydrogens is 366 g/mol. The van der Waals surface area contributed by atoms with Crippen LogP contribution in [0.2, 0.25) is 0 Å². The first-order chi connectivity index (χ1) is 14.3. The van der Waals surface area contributed by atoms with E-state index in [0.29, 0.717) is 5.41 Å². The van der Waals surface area contributed by atoms with Crippen molar-refractivity contribution in [3.8, 4) is 0 Å². The summed E-state index contributed by atoms with van der Waals surface area (Å²) in [5.74, 6) is 5.22. The maximum absolute atomic E-state index is 9.41. The number of hydrogen-bond donors (Lipinski definition) is 0. The highest BCUT2D eigenvalue weighted by molar-refractivity contribution is 5.16. The highest BCUT2D eigenvalue weighted by Gasteiger charge is 2.64. The fourth-order valence-electron chi connectivity index (χ4n) is 9.58. The number of nitrogens with zero attached hydrogens (tertiary/aromatic N) is 3. The quantitative estimate of drug-likeness (QED) is 0.237. The summed E-state index contributed by atoms with van der Waals surface area (Å²) in [5.41, 5.74) is 10.1. The lowest BCUT2D eigenvalue weighted by molar-refractivity contribution is -0.124. The van der Waals surface area contributed by atoms with Gasteiger partial charge in [-0.15, -0.1) is 0 Å². The summed E-state index contributed by atoms with van der Waals surface area (Å²) in [6, 6.07) is 0. The third kappa shape index (κ3) is 3.42. The average Bonchev–Trinajstić information content (AvgIpc) is 3.05. The molecule has 4 rings (SSSR count). The standard InChI is InChI=1S/C27H47N3/c1-19(2)9-8-10-20(3)22-11-12-23-21-13-18-27(29-30-28)16-7-6-15-26(27,5)24(21)14-17-25(22,23)4/h19-24H,6-18H2,1-5H3/t20?,21?,22?,23?,24?,25-,26-,27?/m1/s1. The minimum atomic E-state index is -0.0863. The molecule has 0 N–H and O–H groups in total. The number of fused-ring (bicyclic) bond motifs is 5. The van der Waals surface area contributed by atoms with Gasteiger partial charge in [0.05, 0.1) is 5.54 Å². The van der Waals surface area contributed by atoms with Crippen molar-refractivity contribution >= 4 is 0 Å². The Labute approximate surface area is 185 Å². The van der Waals surface area contributed by atoms with Crippen molar-refractivity contribution in [3.63, 3.8) is 0 Å². The molecule has 0 amide bonds. The second kappa shape index (κ2) is 8.34. The second-order valence-electron chi connectivity index (χ2n) is 12.8. The first kappa shape index (κ1) is 22.5. The van der Waals surface area contributed by atoms with E-state index in [1.165, 1.54) is 70.6 Å². The van der Waals surface area contributed by atoms with Crippen LogP contribution in [0, 0.1) is 46.3 Å². The molecule has 4 aliphatic rings. The van der Waals surface area contributed by atoms with E-state index >= 15 is 0 Å². The number of rotatable bonds is 6. The van der Waals surface area contributed by atoms with Gasteiger partial charge in [0.25, 0.3) is 0 Å². The maximum Gasteiger partial charge on any atom is 0.0544 e. The zero-order valence-corrected chi connectivity index (χ0v) is 20.5. The van der Waals surface area contributed by atoms with E-state index in [1.54, 1.807) is 0 Å². The van der Waals surface area contributed by atoms with Crippen LogP contribution < -0.4 is 0 Å². The van der Waals surface area contributed by atoms with Gasteiger partial charge in [-0.05, 0) is 103 Å². The lowest BCUT2D eigenvalue weighted by atomic mass is 9.42. The van der Waals surface area contributed by atoms with Gasteiger partial charge in [0.1, 0.15) is 0 Å². The van der Waals surface area contributed by atoms with Crippen molar-refractivity contribution in [2.24, 2.45) is 51.5 Å². The lowest BCUT2D eigenvalue weighted by Gasteiger charge is -2.64. The molecule has 30 heavy (non-hydrogen) atoms. The van der Waals surface area contributed by atoms with Crippen LogP contribution >= 0.6 is 0 Å². The van der Waals surface area contributed by atoms with E-state index in [0.717, 1.165) is 48.3 Å². The van der Waals surface area contributed by atoms with Crippen molar-refractivity contribution in [1.29, 1.82) is 0 Å². The van der Waals surface area contributed by atoms with Gasteiger partial charge < -0.3 is 0 Å². The molecule has 0 aliphatic heterocycles. The molecule has 0 aromatic carbocycles. The molecule has 0 saturated heterocycles. The van der Waals surface area contributed by atoms with Gasteiger partial charge >= 0.3 is 0 Å². The maximum atomic E-state index is 9.41. The molecule has 0 heterocycles. The third-order valence-corrected chi connectivity index (χ3v) is 11.2. The summed E-state index contributed by atoms with van der Waals surface area (Å²) in [5, 5.41) is 4.57. The molecule has 4 saturated carbocycles. The van der Waals surface area contributed by atoms with Crippen LogP contribution in [0.15, 0.2) is 5.11 Å². The van der Waals surface area contributed by atoms with Crippen molar-refractivity contribution in [3.05, 3.63) is 10.4 Å². The summed E-state index contributed by atoms with van der Waals surface area (Å²) in [4.78, 5) is 3.40. The summed E-state index contributed by atoms with van der Waals surface area (Å²) < 4.78 is 0. The Hall–Kier alpha value is -0.690. The topological polar surface area (TPSA) is 48.8 Å². The van der Waals surface area contributed by atoms with Crippen molar-refractivity contribution in [2.45, 2.75) is 124 Å². The molecule has 4 aliphatic carbocycles. The molecule has 6 unspecified atom stereocenters. The van der Waals surface area contributed by atoms with Crippen LogP contribution in [0.5, 0.6) is 0 Å². The molecule has 170 valence electrons. The highest BCUT2D eigenvalue weighted by atomic mass is 15.2. The minimum Gasteiger partial charge on any atom is -0.0867 e. The van der Waals surface area contributed by atoms with Gasteiger partial charge in [-0.2, -0.15) is 0 Å². The predicted octanol–water partition coefficient (Wildman–Crippen LogP) is 8.93. The van der Waals surface area contributed by atoms with Crippen molar-refractivity contribution < 1.29 is 0 Å². The van der Waals surface area contributed by atoms with Gasteiger partial charge in [0.15, 0.2) is 0 Å². The van der Waals surface area contributed by atoms with Gasteiger partial charge in [-0.25, -0.2) is 0 Å². The Kier molecular flexibility index (Phi) is 6.26. The first-order valence-corrected chi connectivity index (χ1v) is 13.3. The van der Waals surface area contributed by atoms with E-state index < -0.39 is 0 Å². The molecule has 8 atom stereocenters. The van der Waals surface area contributed by atoms with Crippen LogP contribution in [0.4, 0.5) is 0 Å². The third-order valence-electron chi connectivity index (χ3n) is 11.2. The van der Waals surface area contributed by atoms with Crippen LogP contribution in [0.1, 0.15) is 118 Å². The number of azide groups is 1. The van der Waals surface area contributed by atoms with Gasteiger partial charge in [0, 0.05) is 4.91 Å². The van der Waals surface area contributed by atoms with E-state index in [1.807, 2.05) is 0 Å². The first-order valence-electron chi connectivity index (χ1n) is 13.3. The average molecular weight is 414 g/mol. The fourth-order valence-corrected chi connectivity index (χ4v) is 9.58. The summed E-state index contributed by atoms with van der Waals surface area (Å²) in [6.45, 7) is 12.5. The Morgan fingerprint density at radius 3 is 2.40 bits per heavy atom. The van der Waals surface area contributed by atoms with Gasteiger partial charge in [0.2, 0.25) is 0 Å². The molecular formula is C27H47N3. The zero-order valence-electron chi connectivity index (χ0n) is 20.5. The molecule has 0 bridgehead atoms. The SMILES string of the molecule is CC(C)CCCC(C)C1CCC2C3CCC4(N=[N+]=[N-])CCCC[C@]4(C)C3CC[C@]12C. The molecule has 0 spiro atoms. The van der Waals surface area contributed by atoms with Crippen LogP contribution in [-0.4, -0.2) is 5.54 Å². The molecule has 4 fully saturated rings. The monoisotopic (exact) mass is 413 g/mol. The number of hydrogen-bond acceptors (Lipinski definition) is 1. The Bertz CT molecular complexity index is 667. The zero-order chi connectivity index (χ0) is 21.6. The Morgan fingerprint density at radius 1 is 0.900 bits per heavy atom. The van der Waals surface area contributed by atoms with Crippen LogP contribution in [-0.2, 0) is 0 Å². The Balaban J connectivity index is 1.53. The van der Waals surface area contributed by atoms with Gasteiger partial charge in [-0.3, -0.25) is 0 Å². The highest BCUT2D eigenvalue weighted by Crippen LogP contribution is 2.69. The molecule has 0 aromatic rings. The van der Waals surface area contributed by atoms with Crippen molar-refractivity contribution in [2.75, 3.05) is 0 Å². The fraction of sp³-hybridized carbons (Fsp3) is 1.00. The summed E-state index contributed by atoms with van der Waals surface area (Å²) >= 11 is 0. The summed E-state index contributed by atoms with van der Waals surface area (Å²) in [6.07, 6.45) is 17.4. The van der Waals surface area contributed by atoms with E-state index in [-0.39, 0.29) is 11.0 Å². The van der Waals surface area contributed by atoms with E-state index in [2.05, 4.69) is 44.6 Å². The Morgan fingerprint density at radius 2 is 1.67 bits per heavy atom. The molecule has 0 radical (unpaired) electrons. The van der Waals surface area contributed by atoms with Crippen molar-refractivity contribution in [1.82, 2.24) is 0 Å². The smallest absolute Gasteiger partial charge is 0.0544 e. The predicted molar refractivity (Wildman–Crippen MR) is 126 cm³/mol. The lowest BCUT2D eigenvalue weighted by Crippen LogP contribution is -2.60. The normalized spacial score (nSPS) is 46.5. The molecule has 0 aromatic heterocycles. The molecule has 3 heteroatoms. The largest absolute Gasteiger partial charge is 0.0867 e. The minimum absolute atomic E-state index is 0.0863. The second-order valence-corrected chi connectivity index (χ2v) is 12.8. The van der Waals surface area contributed by atoms with E-state index in [4.69, 9.17) is 0 Å². The van der Waals surface area contributed by atoms with Crippen LogP contribution in [0.25, 0.3) is 10.4 Å². The molecule has 3 nitrogen and oxygen atoms in total. The van der Waals surface area contributed by atoms with Crippen LogP contribution in [0.3, 0.4) is 0 Å². The van der Waals surface area contributed by atoms with Gasteiger partial charge in [-0.1, -0.05) is 71.8 Å². The van der Waals surface area contributed by atoms with E-state index in [9.17, 15) is 5.53 Å². The summed E-state index contributed by atoms with van der Waals surface area (Å²) in [7, 11) is 0.